The predicted octanol–water partition coefficient (Wildman–Crippen LogP) is 2.14. The van der Waals surface area contributed by atoms with Crippen molar-refractivity contribution in [3.63, 3.8) is 0 Å². The van der Waals surface area contributed by atoms with E-state index in [2.05, 4.69) is 10.3 Å². The first-order valence-electron chi connectivity index (χ1n) is 6.54. The zero-order valence-corrected chi connectivity index (χ0v) is 12.0. The van der Waals surface area contributed by atoms with Crippen molar-refractivity contribution in [2.45, 2.75) is 32.9 Å². The zero-order valence-electron chi connectivity index (χ0n) is 12.0. The van der Waals surface area contributed by atoms with Crippen LogP contribution in [0.15, 0.2) is 24.3 Å². The Morgan fingerprint density at radius 1 is 1.40 bits per heavy atom. The first-order chi connectivity index (χ1) is 9.37. The quantitative estimate of drug-likeness (QED) is 0.899. The number of fused-ring (bicyclic) bond motifs is 1. The molecule has 0 saturated carbocycles. The highest BCUT2D eigenvalue weighted by Crippen LogP contribution is 2.16. The number of nitrogens with zero attached hydrogens (tertiary/aromatic N) is 2. The Kier molecular flexibility index (Phi) is 3.83. The van der Waals surface area contributed by atoms with Gasteiger partial charge in [-0.05, 0) is 32.9 Å². The number of carbonyl (C=O) groups excluding carboxylic acids is 1. The van der Waals surface area contributed by atoms with Gasteiger partial charge in [0.1, 0.15) is 5.60 Å². The van der Waals surface area contributed by atoms with Crippen LogP contribution in [-0.2, 0) is 11.3 Å². The second-order valence-corrected chi connectivity index (χ2v) is 5.54. The number of anilines is 1. The number of nitrogens with two attached hydrogens (primary N) is 1. The Morgan fingerprint density at radius 3 is 2.80 bits per heavy atom. The van der Waals surface area contributed by atoms with E-state index in [1.54, 1.807) is 0 Å². The van der Waals surface area contributed by atoms with E-state index in [4.69, 9.17) is 10.5 Å². The number of rotatable bonds is 3. The third-order valence-electron chi connectivity index (χ3n) is 2.69. The number of hydrogen-bond donors (Lipinski definition) is 2. The first-order valence-corrected chi connectivity index (χ1v) is 6.54. The molecule has 0 atom stereocenters. The second kappa shape index (κ2) is 5.40. The van der Waals surface area contributed by atoms with Gasteiger partial charge in [0, 0.05) is 13.1 Å². The van der Waals surface area contributed by atoms with Crippen LogP contribution in [0.5, 0.6) is 0 Å². The van der Waals surface area contributed by atoms with Gasteiger partial charge in [0.15, 0.2) is 0 Å². The van der Waals surface area contributed by atoms with Gasteiger partial charge in [-0.2, -0.15) is 0 Å². The smallest absolute Gasteiger partial charge is 0.407 e. The number of aromatic nitrogens is 2. The van der Waals surface area contributed by atoms with Crippen LogP contribution in [0.3, 0.4) is 0 Å². The SMILES string of the molecule is CC(C)(C)OC(=O)NCCn1c(N)nc2ccccc21. The van der Waals surface area contributed by atoms with Crippen LogP contribution in [0.2, 0.25) is 0 Å². The maximum Gasteiger partial charge on any atom is 0.407 e. The molecule has 1 amide bonds. The largest absolute Gasteiger partial charge is 0.444 e. The topological polar surface area (TPSA) is 82.2 Å². The molecule has 0 aliphatic carbocycles. The van der Waals surface area contributed by atoms with Gasteiger partial charge in [0.25, 0.3) is 0 Å². The maximum absolute atomic E-state index is 11.5. The molecule has 0 spiro atoms. The summed E-state index contributed by atoms with van der Waals surface area (Å²) < 4.78 is 7.04. The molecule has 3 N–H and O–H groups in total. The summed E-state index contributed by atoms with van der Waals surface area (Å²) in [5.41, 5.74) is 7.19. The average Bonchev–Trinajstić information content (AvgIpc) is 2.64. The lowest BCUT2D eigenvalue weighted by atomic mass is 10.2. The third kappa shape index (κ3) is 3.40. The number of amides is 1. The number of nitrogens with one attached hydrogen (secondary N) is 1. The molecular weight excluding hydrogens is 256 g/mol. The molecule has 2 aromatic rings. The second-order valence-electron chi connectivity index (χ2n) is 5.54. The highest BCUT2D eigenvalue weighted by molar-refractivity contribution is 5.78. The summed E-state index contributed by atoms with van der Waals surface area (Å²) in [6.45, 7) is 6.46. The Bertz CT molecular complexity index is 613. The van der Waals surface area contributed by atoms with Crippen LogP contribution >= 0.6 is 0 Å². The van der Waals surface area contributed by atoms with Crippen LogP contribution in [0.4, 0.5) is 10.7 Å². The Hall–Kier alpha value is -2.24. The summed E-state index contributed by atoms with van der Waals surface area (Å²) in [4.78, 5) is 15.8. The summed E-state index contributed by atoms with van der Waals surface area (Å²) in [7, 11) is 0. The molecule has 1 heterocycles. The molecule has 0 aliphatic heterocycles. The fourth-order valence-electron chi connectivity index (χ4n) is 1.91. The number of hydrogen-bond acceptors (Lipinski definition) is 4. The Labute approximate surface area is 117 Å². The molecule has 0 bridgehead atoms. The third-order valence-corrected chi connectivity index (χ3v) is 2.69. The lowest BCUT2D eigenvalue weighted by Crippen LogP contribution is -2.34. The van der Waals surface area contributed by atoms with Crippen molar-refractivity contribution in [2.24, 2.45) is 0 Å². The summed E-state index contributed by atoms with van der Waals surface area (Å²) in [6, 6.07) is 7.70. The number of alkyl carbamates (subject to hydrolysis) is 1. The summed E-state index contributed by atoms with van der Waals surface area (Å²) in [5, 5.41) is 2.70. The van der Waals surface area contributed by atoms with Crippen molar-refractivity contribution < 1.29 is 9.53 Å². The number of imidazole rings is 1. The fraction of sp³-hybridized carbons (Fsp3) is 0.429. The minimum Gasteiger partial charge on any atom is -0.444 e. The van der Waals surface area contributed by atoms with Crippen molar-refractivity contribution in [2.75, 3.05) is 12.3 Å². The number of para-hydroxylation sites is 2. The molecule has 108 valence electrons. The van der Waals surface area contributed by atoms with E-state index < -0.39 is 11.7 Å². The van der Waals surface area contributed by atoms with Gasteiger partial charge in [0.05, 0.1) is 11.0 Å². The lowest BCUT2D eigenvalue weighted by molar-refractivity contribution is 0.0526. The molecule has 1 aromatic heterocycles. The van der Waals surface area contributed by atoms with E-state index in [0.717, 1.165) is 11.0 Å². The van der Waals surface area contributed by atoms with E-state index >= 15 is 0 Å². The Morgan fingerprint density at radius 2 is 2.10 bits per heavy atom. The van der Waals surface area contributed by atoms with Gasteiger partial charge in [-0.1, -0.05) is 12.1 Å². The van der Waals surface area contributed by atoms with E-state index in [0.29, 0.717) is 19.0 Å². The number of benzene rings is 1. The van der Waals surface area contributed by atoms with E-state index in [1.165, 1.54) is 0 Å². The Balaban J connectivity index is 1.96. The molecule has 0 fully saturated rings. The van der Waals surface area contributed by atoms with Crippen LogP contribution in [0.25, 0.3) is 11.0 Å². The standard InChI is InChI=1S/C14H20N4O2/c1-14(2,3)20-13(19)16-8-9-18-11-7-5-4-6-10(11)17-12(18)15/h4-7H,8-9H2,1-3H3,(H2,15,17)(H,16,19). The number of carbonyl (C=O) groups is 1. The summed E-state index contributed by atoms with van der Waals surface area (Å²) in [6.07, 6.45) is -0.430. The molecule has 0 unspecified atom stereocenters. The zero-order chi connectivity index (χ0) is 14.8. The number of ether oxygens (including phenoxy) is 1. The van der Waals surface area contributed by atoms with E-state index in [9.17, 15) is 4.79 Å². The molecule has 0 saturated heterocycles. The molecular formula is C14H20N4O2. The van der Waals surface area contributed by atoms with Crippen molar-refractivity contribution >= 4 is 23.1 Å². The maximum atomic E-state index is 11.5. The monoisotopic (exact) mass is 276 g/mol. The fourth-order valence-corrected chi connectivity index (χ4v) is 1.91. The van der Waals surface area contributed by atoms with Crippen LogP contribution in [0, 0.1) is 0 Å². The van der Waals surface area contributed by atoms with Crippen LogP contribution in [-0.4, -0.2) is 27.8 Å². The van der Waals surface area contributed by atoms with Gasteiger partial charge >= 0.3 is 6.09 Å². The van der Waals surface area contributed by atoms with Crippen molar-refractivity contribution in [3.8, 4) is 0 Å². The van der Waals surface area contributed by atoms with Gasteiger partial charge in [-0.25, -0.2) is 9.78 Å². The molecule has 0 radical (unpaired) electrons. The normalized spacial score (nSPS) is 11.6. The highest BCUT2D eigenvalue weighted by Gasteiger charge is 2.15. The first kappa shape index (κ1) is 14.2. The van der Waals surface area contributed by atoms with Crippen molar-refractivity contribution in [1.29, 1.82) is 0 Å². The summed E-state index contributed by atoms with van der Waals surface area (Å²) >= 11 is 0. The van der Waals surface area contributed by atoms with Gasteiger partial charge in [-0.15, -0.1) is 0 Å². The van der Waals surface area contributed by atoms with Gasteiger partial charge in [0.2, 0.25) is 5.95 Å². The highest BCUT2D eigenvalue weighted by atomic mass is 16.6. The van der Waals surface area contributed by atoms with E-state index in [-0.39, 0.29) is 0 Å². The van der Waals surface area contributed by atoms with E-state index in [1.807, 2.05) is 49.6 Å². The predicted molar refractivity (Wildman–Crippen MR) is 78.4 cm³/mol. The number of nitrogen functional groups attached to an aromatic ring is 1. The molecule has 20 heavy (non-hydrogen) atoms. The minimum absolute atomic E-state index is 0.430. The minimum atomic E-state index is -0.495. The van der Waals surface area contributed by atoms with Crippen LogP contribution < -0.4 is 11.1 Å². The lowest BCUT2D eigenvalue weighted by Gasteiger charge is -2.19. The summed E-state index contributed by atoms with van der Waals surface area (Å²) in [5.74, 6) is 0.442. The average molecular weight is 276 g/mol. The van der Waals surface area contributed by atoms with Gasteiger partial charge in [-0.3, -0.25) is 0 Å². The molecule has 2 rings (SSSR count). The van der Waals surface area contributed by atoms with Crippen molar-refractivity contribution in [3.05, 3.63) is 24.3 Å². The van der Waals surface area contributed by atoms with Crippen LogP contribution in [0.1, 0.15) is 20.8 Å². The van der Waals surface area contributed by atoms with Gasteiger partial charge < -0.3 is 20.4 Å². The molecule has 6 nitrogen and oxygen atoms in total. The van der Waals surface area contributed by atoms with Crippen molar-refractivity contribution in [1.82, 2.24) is 14.9 Å². The molecule has 6 heteroatoms. The molecule has 1 aromatic carbocycles. The molecule has 0 aliphatic rings.